The van der Waals surface area contributed by atoms with Crippen LogP contribution in [0, 0.1) is 13.8 Å². The highest BCUT2D eigenvalue weighted by Gasteiger charge is 2.11. The zero-order chi connectivity index (χ0) is 14.8. The summed E-state index contributed by atoms with van der Waals surface area (Å²) in [5, 5.41) is 3.90. The number of nitrogens with zero attached hydrogens (tertiary/aromatic N) is 1. The van der Waals surface area contributed by atoms with Gasteiger partial charge in [-0.25, -0.2) is 0 Å². The summed E-state index contributed by atoms with van der Waals surface area (Å²) >= 11 is 0. The second-order valence-electron chi connectivity index (χ2n) is 5.15. The SMILES string of the molecule is Cc1cccc(NC(=O)c2cccc3ccc(C)nc23)c1. The number of anilines is 1. The topological polar surface area (TPSA) is 42.0 Å². The van der Waals surface area contributed by atoms with Crippen LogP contribution in [0.1, 0.15) is 21.6 Å². The van der Waals surface area contributed by atoms with Crippen LogP contribution >= 0.6 is 0 Å². The quantitative estimate of drug-likeness (QED) is 0.765. The molecule has 1 N–H and O–H groups in total. The number of pyridine rings is 1. The first-order chi connectivity index (χ1) is 10.1. The lowest BCUT2D eigenvalue weighted by molar-refractivity contribution is 0.102. The van der Waals surface area contributed by atoms with Crippen molar-refractivity contribution in [3.05, 3.63) is 71.4 Å². The molecule has 3 heteroatoms. The minimum atomic E-state index is -0.135. The molecule has 0 spiro atoms. The number of hydrogen-bond donors (Lipinski definition) is 1. The lowest BCUT2D eigenvalue weighted by atomic mass is 10.1. The van der Waals surface area contributed by atoms with E-state index in [1.807, 2.05) is 62.4 Å². The molecule has 0 saturated heterocycles. The monoisotopic (exact) mass is 276 g/mol. The summed E-state index contributed by atoms with van der Waals surface area (Å²) in [5.74, 6) is -0.135. The third-order valence-electron chi connectivity index (χ3n) is 3.38. The second kappa shape index (κ2) is 5.37. The Morgan fingerprint density at radius 2 is 1.81 bits per heavy atom. The van der Waals surface area contributed by atoms with Crippen molar-refractivity contribution in [1.82, 2.24) is 4.98 Å². The summed E-state index contributed by atoms with van der Waals surface area (Å²) in [6.45, 7) is 3.92. The van der Waals surface area contributed by atoms with Gasteiger partial charge in [0.25, 0.3) is 5.91 Å². The van der Waals surface area contributed by atoms with Gasteiger partial charge in [-0.1, -0.05) is 30.3 Å². The Hall–Kier alpha value is -2.68. The number of fused-ring (bicyclic) bond motifs is 1. The van der Waals surface area contributed by atoms with Gasteiger partial charge in [0.05, 0.1) is 11.1 Å². The molecule has 3 aromatic rings. The molecule has 104 valence electrons. The third kappa shape index (κ3) is 2.77. The Morgan fingerprint density at radius 1 is 1.00 bits per heavy atom. The van der Waals surface area contributed by atoms with E-state index >= 15 is 0 Å². The summed E-state index contributed by atoms with van der Waals surface area (Å²) in [7, 11) is 0. The highest BCUT2D eigenvalue weighted by Crippen LogP contribution is 2.19. The molecule has 2 aromatic carbocycles. The number of aromatic nitrogens is 1. The average Bonchev–Trinajstić information content (AvgIpc) is 2.46. The van der Waals surface area contributed by atoms with Crippen LogP contribution in [-0.4, -0.2) is 10.9 Å². The first-order valence-corrected chi connectivity index (χ1v) is 6.88. The maximum absolute atomic E-state index is 12.5. The zero-order valence-corrected chi connectivity index (χ0v) is 12.1. The van der Waals surface area contributed by atoms with E-state index in [-0.39, 0.29) is 5.91 Å². The smallest absolute Gasteiger partial charge is 0.257 e. The van der Waals surface area contributed by atoms with E-state index in [4.69, 9.17) is 0 Å². The van der Waals surface area contributed by atoms with Gasteiger partial charge >= 0.3 is 0 Å². The molecule has 1 amide bonds. The normalized spacial score (nSPS) is 10.6. The van der Waals surface area contributed by atoms with Crippen molar-refractivity contribution in [2.24, 2.45) is 0 Å². The fourth-order valence-electron chi connectivity index (χ4n) is 2.35. The summed E-state index contributed by atoms with van der Waals surface area (Å²) in [5.41, 5.74) is 4.14. The van der Waals surface area contributed by atoms with E-state index in [0.29, 0.717) is 5.56 Å². The van der Waals surface area contributed by atoms with Gasteiger partial charge in [-0.2, -0.15) is 0 Å². The first kappa shape index (κ1) is 13.3. The number of para-hydroxylation sites is 1. The molecule has 0 fully saturated rings. The highest BCUT2D eigenvalue weighted by molar-refractivity contribution is 6.11. The predicted octanol–water partition coefficient (Wildman–Crippen LogP) is 4.10. The van der Waals surface area contributed by atoms with E-state index in [2.05, 4.69) is 10.3 Å². The molecule has 0 radical (unpaired) electrons. The van der Waals surface area contributed by atoms with Gasteiger partial charge in [0.2, 0.25) is 0 Å². The molecule has 0 aliphatic heterocycles. The summed E-state index contributed by atoms with van der Waals surface area (Å²) < 4.78 is 0. The van der Waals surface area contributed by atoms with Crippen molar-refractivity contribution < 1.29 is 4.79 Å². The Balaban J connectivity index is 2.00. The molecule has 0 unspecified atom stereocenters. The van der Waals surface area contributed by atoms with Gasteiger partial charge in [0, 0.05) is 16.8 Å². The van der Waals surface area contributed by atoms with Crippen LogP contribution in [0.3, 0.4) is 0 Å². The van der Waals surface area contributed by atoms with Gasteiger partial charge in [0.1, 0.15) is 0 Å². The van der Waals surface area contributed by atoms with Crippen LogP contribution in [-0.2, 0) is 0 Å². The molecule has 1 aromatic heterocycles. The third-order valence-corrected chi connectivity index (χ3v) is 3.38. The number of carbonyl (C=O) groups excluding carboxylic acids is 1. The van der Waals surface area contributed by atoms with Crippen molar-refractivity contribution in [2.45, 2.75) is 13.8 Å². The number of carbonyl (C=O) groups is 1. The van der Waals surface area contributed by atoms with Crippen molar-refractivity contribution >= 4 is 22.5 Å². The largest absolute Gasteiger partial charge is 0.322 e. The van der Waals surface area contributed by atoms with Crippen LogP contribution in [0.15, 0.2) is 54.6 Å². The lowest BCUT2D eigenvalue weighted by Crippen LogP contribution is -2.13. The molecule has 0 aliphatic carbocycles. The number of benzene rings is 2. The predicted molar refractivity (Wildman–Crippen MR) is 85.6 cm³/mol. The highest BCUT2D eigenvalue weighted by atomic mass is 16.1. The molecule has 21 heavy (non-hydrogen) atoms. The summed E-state index contributed by atoms with van der Waals surface area (Å²) in [6.07, 6.45) is 0. The van der Waals surface area contributed by atoms with Gasteiger partial charge in [-0.05, 0) is 43.7 Å². The zero-order valence-electron chi connectivity index (χ0n) is 12.1. The average molecular weight is 276 g/mol. The Bertz CT molecular complexity index is 824. The van der Waals surface area contributed by atoms with Gasteiger partial charge in [-0.3, -0.25) is 9.78 Å². The number of aryl methyl sites for hydroxylation is 2. The molecule has 1 heterocycles. The van der Waals surface area contributed by atoms with Gasteiger partial charge in [-0.15, -0.1) is 0 Å². The number of rotatable bonds is 2. The molecule has 0 saturated carbocycles. The molecular weight excluding hydrogens is 260 g/mol. The molecule has 0 aliphatic rings. The van der Waals surface area contributed by atoms with Crippen molar-refractivity contribution in [1.29, 1.82) is 0 Å². The number of hydrogen-bond acceptors (Lipinski definition) is 2. The summed E-state index contributed by atoms with van der Waals surface area (Å²) in [4.78, 5) is 17.0. The maximum Gasteiger partial charge on any atom is 0.257 e. The van der Waals surface area contributed by atoms with E-state index in [0.717, 1.165) is 27.8 Å². The second-order valence-corrected chi connectivity index (χ2v) is 5.15. The minimum absolute atomic E-state index is 0.135. The van der Waals surface area contributed by atoms with Crippen LogP contribution in [0.5, 0.6) is 0 Å². The maximum atomic E-state index is 12.5. The summed E-state index contributed by atoms with van der Waals surface area (Å²) in [6, 6.07) is 17.3. The molecule has 3 nitrogen and oxygen atoms in total. The fraction of sp³-hybridized carbons (Fsp3) is 0.111. The van der Waals surface area contributed by atoms with Crippen molar-refractivity contribution in [3.8, 4) is 0 Å². The Kier molecular flexibility index (Phi) is 3.40. The number of amides is 1. The van der Waals surface area contributed by atoms with Crippen molar-refractivity contribution in [3.63, 3.8) is 0 Å². The van der Waals surface area contributed by atoms with E-state index in [9.17, 15) is 4.79 Å². The van der Waals surface area contributed by atoms with Gasteiger partial charge < -0.3 is 5.32 Å². The van der Waals surface area contributed by atoms with Crippen LogP contribution in [0.2, 0.25) is 0 Å². The van der Waals surface area contributed by atoms with E-state index in [1.165, 1.54) is 0 Å². The standard InChI is InChI=1S/C18H16N2O/c1-12-5-3-7-15(11-12)20-18(21)16-8-4-6-14-10-9-13(2)19-17(14)16/h3-11H,1-2H3,(H,20,21). The lowest BCUT2D eigenvalue weighted by Gasteiger charge is -2.08. The van der Waals surface area contributed by atoms with Crippen LogP contribution in [0.25, 0.3) is 10.9 Å². The molecule has 3 rings (SSSR count). The van der Waals surface area contributed by atoms with E-state index < -0.39 is 0 Å². The van der Waals surface area contributed by atoms with E-state index in [1.54, 1.807) is 6.07 Å². The Labute approximate surface area is 123 Å². The Morgan fingerprint density at radius 3 is 2.62 bits per heavy atom. The van der Waals surface area contributed by atoms with Crippen molar-refractivity contribution in [2.75, 3.05) is 5.32 Å². The first-order valence-electron chi connectivity index (χ1n) is 6.88. The molecule has 0 atom stereocenters. The minimum Gasteiger partial charge on any atom is -0.322 e. The molecule has 0 bridgehead atoms. The van der Waals surface area contributed by atoms with Crippen LogP contribution in [0.4, 0.5) is 5.69 Å². The van der Waals surface area contributed by atoms with Gasteiger partial charge in [0.15, 0.2) is 0 Å². The molecular formula is C18H16N2O. The van der Waals surface area contributed by atoms with Crippen LogP contribution < -0.4 is 5.32 Å². The number of nitrogens with one attached hydrogen (secondary N) is 1. The fourth-order valence-corrected chi connectivity index (χ4v) is 2.35.